The van der Waals surface area contributed by atoms with E-state index in [-0.39, 0.29) is 11.3 Å². The summed E-state index contributed by atoms with van der Waals surface area (Å²) in [6, 6.07) is 2.05. The van der Waals surface area contributed by atoms with E-state index in [4.69, 9.17) is 5.11 Å². The van der Waals surface area contributed by atoms with Crippen LogP contribution in [-0.2, 0) is 0 Å². The summed E-state index contributed by atoms with van der Waals surface area (Å²) in [4.78, 5) is 22.3. The second-order valence-electron chi connectivity index (χ2n) is 4.00. The molecule has 0 heterocycles. The van der Waals surface area contributed by atoms with Gasteiger partial charge in [-0.15, -0.1) is 0 Å². The number of alkyl halides is 2. The van der Waals surface area contributed by atoms with Gasteiger partial charge >= 0.3 is 12.0 Å². The monoisotopic (exact) mass is 272 g/mol. The maximum atomic E-state index is 11.9. The molecule has 0 aliphatic rings. The number of carbonyl (C=O) groups is 2. The van der Waals surface area contributed by atoms with Crippen LogP contribution in [0.2, 0.25) is 0 Å². The first-order valence-electron chi connectivity index (χ1n) is 5.48. The van der Waals surface area contributed by atoms with Gasteiger partial charge < -0.3 is 15.7 Å². The van der Waals surface area contributed by atoms with E-state index in [0.717, 1.165) is 0 Å². The lowest BCUT2D eigenvalue weighted by molar-refractivity contribution is 0.0696. The smallest absolute Gasteiger partial charge is 0.336 e. The molecule has 0 unspecified atom stereocenters. The molecule has 104 valence electrons. The molecule has 0 radical (unpaired) electrons. The van der Waals surface area contributed by atoms with Crippen molar-refractivity contribution in [3.05, 3.63) is 28.8 Å². The Morgan fingerprint density at radius 2 is 1.95 bits per heavy atom. The average molecular weight is 272 g/mol. The quantitative estimate of drug-likeness (QED) is 0.787. The van der Waals surface area contributed by atoms with Crippen LogP contribution in [0.4, 0.5) is 19.3 Å². The predicted octanol–water partition coefficient (Wildman–Crippen LogP) is 2.39. The molecule has 5 nitrogen and oxygen atoms in total. The third-order valence-electron chi connectivity index (χ3n) is 2.57. The van der Waals surface area contributed by atoms with Gasteiger partial charge in [0, 0.05) is 5.69 Å². The fourth-order valence-corrected chi connectivity index (χ4v) is 1.50. The SMILES string of the molecule is Cc1cc(NC(=O)NCC(F)F)cc(C(=O)O)c1C. The van der Waals surface area contributed by atoms with Crippen molar-refractivity contribution < 1.29 is 23.5 Å². The van der Waals surface area contributed by atoms with E-state index >= 15 is 0 Å². The second-order valence-corrected chi connectivity index (χ2v) is 4.00. The molecule has 0 aliphatic heterocycles. The number of hydrogen-bond acceptors (Lipinski definition) is 2. The normalized spacial score (nSPS) is 10.4. The number of hydrogen-bond donors (Lipinski definition) is 3. The predicted molar refractivity (Wildman–Crippen MR) is 65.9 cm³/mol. The van der Waals surface area contributed by atoms with E-state index in [1.165, 1.54) is 6.07 Å². The van der Waals surface area contributed by atoms with Crippen molar-refractivity contribution in [1.29, 1.82) is 0 Å². The number of carbonyl (C=O) groups excluding carboxylic acids is 1. The molecule has 1 aromatic carbocycles. The third-order valence-corrected chi connectivity index (χ3v) is 2.57. The van der Waals surface area contributed by atoms with Gasteiger partial charge in [0.05, 0.1) is 12.1 Å². The van der Waals surface area contributed by atoms with E-state index in [1.807, 2.05) is 5.32 Å². The molecule has 0 aromatic heterocycles. The van der Waals surface area contributed by atoms with Gasteiger partial charge in [0.2, 0.25) is 0 Å². The lowest BCUT2D eigenvalue weighted by Gasteiger charge is -2.11. The van der Waals surface area contributed by atoms with Crippen LogP contribution < -0.4 is 10.6 Å². The standard InChI is InChI=1S/C12H14F2N2O3/c1-6-3-8(4-9(7(6)2)11(17)18)16-12(19)15-5-10(13)14/h3-4,10H,5H2,1-2H3,(H,17,18)(H2,15,16,19). The average Bonchev–Trinajstić information content (AvgIpc) is 2.30. The fraction of sp³-hybridized carbons (Fsp3) is 0.333. The molecule has 0 saturated carbocycles. The second kappa shape index (κ2) is 6.12. The summed E-state index contributed by atoms with van der Waals surface area (Å²) in [5, 5.41) is 13.3. The maximum Gasteiger partial charge on any atom is 0.336 e. The topological polar surface area (TPSA) is 78.4 Å². The lowest BCUT2D eigenvalue weighted by Crippen LogP contribution is -2.32. The summed E-state index contributed by atoms with van der Waals surface area (Å²) in [6.45, 7) is 2.59. The summed E-state index contributed by atoms with van der Waals surface area (Å²) in [5.41, 5.74) is 1.58. The van der Waals surface area contributed by atoms with Gasteiger partial charge in [-0.2, -0.15) is 0 Å². The first-order chi connectivity index (χ1) is 8.81. The first-order valence-corrected chi connectivity index (χ1v) is 5.48. The number of carboxylic acid groups (broad SMARTS) is 1. The first kappa shape index (κ1) is 14.9. The number of carboxylic acids is 1. The summed E-state index contributed by atoms with van der Waals surface area (Å²) in [7, 11) is 0. The van der Waals surface area contributed by atoms with Gasteiger partial charge in [-0.25, -0.2) is 18.4 Å². The van der Waals surface area contributed by atoms with Crippen LogP contribution in [-0.4, -0.2) is 30.1 Å². The lowest BCUT2D eigenvalue weighted by atomic mass is 10.0. The molecule has 0 saturated heterocycles. The Balaban J connectivity index is 2.85. The zero-order valence-corrected chi connectivity index (χ0v) is 10.5. The van der Waals surface area contributed by atoms with Crippen LogP contribution in [0.1, 0.15) is 21.5 Å². The number of rotatable bonds is 4. The van der Waals surface area contributed by atoms with Gasteiger partial charge in [-0.3, -0.25) is 0 Å². The Bertz CT molecular complexity index is 504. The Labute approximate surface area is 108 Å². The van der Waals surface area contributed by atoms with Gasteiger partial charge in [-0.05, 0) is 37.1 Å². The minimum Gasteiger partial charge on any atom is -0.478 e. The van der Waals surface area contributed by atoms with Crippen LogP contribution in [0.15, 0.2) is 12.1 Å². The summed E-state index contributed by atoms with van der Waals surface area (Å²) >= 11 is 0. The van der Waals surface area contributed by atoms with E-state index < -0.39 is 25.0 Å². The van der Waals surface area contributed by atoms with Crippen molar-refractivity contribution >= 4 is 17.7 Å². The highest BCUT2D eigenvalue weighted by molar-refractivity contribution is 5.94. The van der Waals surface area contributed by atoms with Crippen LogP contribution >= 0.6 is 0 Å². The molecule has 0 bridgehead atoms. The number of aryl methyl sites for hydroxylation is 1. The molecular weight excluding hydrogens is 258 g/mol. The summed E-state index contributed by atoms with van der Waals surface area (Å²) < 4.78 is 23.8. The highest BCUT2D eigenvalue weighted by atomic mass is 19.3. The number of amides is 2. The van der Waals surface area contributed by atoms with Gasteiger partial charge in [-0.1, -0.05) is 0 Å². The Kier molecular flexibility index (Phi) is 4.80. The maximum absolute atomic E-state index is 11.9. The van der Waals surface area contributed by atoms with E-state index in [2.05, 4.69) is 5.32 Å². The van der Waals surface area contributed by atoms with Gasteiger partial charge in [0.1, 0.15) is 0 Å². The highest BCUT2D eigenvalue weighted by Gasteiger charge is 2.12. The van der Waals surface area contributed by atoms with Crippen LogP contribution in [0.3, 0.4) is 0 Å². The van der Waals surface area contributed by atoms with Crippen LogP contribution in [0.5, 0.6) is 0 Å². The van der Waals surface area contributed by atoms with Crippen molar-refractivity contribution in [2.75, 3.05) is 11.9 Å². The van der Waals surface area contributed by atoms with E-state index in [0.29, 0.717) is 11.1 Å². The van der Waals surface area contributed by atoms with Crippen LogP contribution in [0, 0.1) is 13.8 Å². The molecule has 1 aromatic rings. The molecule has 19 heavy (non-hydrogen) atoms. The van der Waals surface area contributed by atoms with Crippen molar-refractivity contribution in [3.8, 4) is 0 Å². The molecule has 0 spiro atoms. The third kappa shape index (κ3) is 4.20. The van der Waals surface area contributed by atoms with Crippen molar-refractivity contribution in [1.82, 2.24) is 5.32 Å². The Morgan fingerprint density at radius 1 is 1.32 bits per heavy atom. The molecule has 0 fully saturated rings. The zero-order valence-electron chi connectivity index (χ0n) is 10.5. The molecule has 7 heteroatoms. The number of urea groups is 1. The Morgan fingerprint density at radius 3 is 2.47 bits per heavy atom. The molecular formula is C12H14F2N2O3. The molecule has 2 amide bonds. The van der Waals surface area contributed by atoms with Gasteiger partial charge in [0.25, 0.3) is 6.43 Å². The largest absolute Gasteiger partial charge is 0.478 e. The molecule has 1 rings (SSSR count). The van der Waals surface area contributed by atoms with Crippen molar-refractivity contribution in [3.63, 3.8) is 0 Å². The minimum atomic E-state index is -2.64. The van der Waals surface area contributed by atoms with E-state index in [1.54, 1.807) is 19.9 Å². The summed E-state index contributed by atoms with van der Waals surface area (Å²) in [5.74, 6) is -1.11. The minimum absolute atomic E-state index is 0.0594. The van der Waals surface area contributed by atoms with Crippen LogP contribution in [0.25, 0.3) is 0 Å². The zero-order chi connectivity index (χ0) is 14.6. The number of anilines is 1. The van der Waals surface area contributed by atoms with Gasteiger partial charge in [0.15, 0.2) is 0 Å². The molecule has 0 aliphatic carbocycles. The number of aromatic carboxylic acids is 1. The number of benzene rings is 1. The fourth-order valence-electron chi connectivity index (χ4n) is 1.50. The van der Waals surface area contributed by atoms with E-state index in [9.17, 15) is 18.4 Å². The van der Waals surface area contributed by atoms with Crippen molar-refractivity contribution in [2.24, 2.45) is 0 Å². The van der Waals surface area contributed by atoms with Crippen molar-refractivity contribution in [2.45, 2.75) is 20.3 Å². The molecule has 3 N–H and O–H groups in total. The molecule has 0 atom stereocenters. The number of nitrogens with one attached hydrogen (secondary N) is 2. The Hall–Kier alpha value is -2.18. The summed E-state index contributed by atoms with van der Waals surface area (Å²) in [6.07, 6.45) is -2.64. The highest BCUT2D eigenvalue weighted by Crippen LogP contribution is 2.20. The number of halogens is 2.